The number of carbonyl (C=O) groups excluding carboxylic acids is 2. The number of amides is 1. The Bertz CT molecular complexity index is 799. The van der Waals surface area contributed by atoms with E-state index < -0.39 is 0 Å². The van der Waals surface area contributed by atoms with Crippen molar-refractivity contribution in [3.05, 3.63) is 28.9 Å². The lowest BCUT2D eigenvalue weighted by Gasteiger charge is -2.37. The average Bonchev–Trinajstić information content (AvgIpc) is 2.89. The summed E-state index contributed by atoms with van der Waals surface area (Å²) in [6.45, 7) is 8.18. The number of hydrogen-bond donors (Lipinski definition) is 0. The molecule has 1 aromatic rings. The van der Waals surface area contributed by atoms with Crippen LogP contribution in [0.1, 0.15) is 50.0 Å². The molecule has 0 spiro atoms. The van der Waals surface area contributed by atoms with E-state index in [1.54, 1.807) is 0 Å². The first-order chi connectivity index (χ1) is 13.5. The highest BCUT2D eigenvalue weighted by Crippen LogP contribution is 2.32. The maximum Gasteiger partial charge on any atom is 0.228 e. The fourth-order valence-corrected chi connectivity index (χ4v) is 4.54. The Morgan fingerprint density at radius 2 is 1.79 bits per heavy atom. The van der Waals surface area contributed by atoms with Crippen molar-refractivity contribution in [1.29, 1.82) is 0 Å². The van der Waals surface area contributed by atoms with Gasteiger partial charge in [-0.05, 0) is 39.5 Å². The van der Waals surface area contributed by atoms with Crippen LogP contribution in [0.15, 0.2) is 17.3 Å². The molecule has 1 aromatic heterocycles. The molecule has 1 aliphatic carbocycles. The maximum atomic E-state index is 12.6. The third-order valence-corrected chi connectivity index (χ3v) is 5.92. The van der Waals surface area contributed by atoms with Gasteiger partial charge in [-0.2, -0.15) is 0 Å². The van der Waals surface area contributed by atoms with E-state index in [1.165, 1.54) is 0 Å². The van der Waals surface area contributed by atoms with Gasteiger partial charge in [-0.1, -0.05) is 0 Å². The minimum absolute atomic E-state index is 0.164. The minimum atomic E-state index is 0.164. The second kappa shape index (κ2) is 7.99. The Kier molecular flexibility index (Phi) is 5.44. The molecule has 7 nitrogen and oxygen atoms in total. The lowest BCUT2D eigenvalue weighted by molar-refractivity contribution is -0.132. The first kappa shape index (κ1) is 19.1. The Balaban J connectivity index is 1.45. The summed E-state index contributed by atoms with van der Waals surface area (Å²) in [7, 11) is 0. The third-order valence-electron chi connectivity index (χ3n) is 5.92. The number of hydrogen-bond acceptors (Lipinski definition) is 6. The molecule has 0 saturated carbocycles. The van der Waals surface area contributed by atoms with Gasteiger partial charge >= 0.3 is 0 Å². The predicted molar refractivity (Wildman–Crippen MR) is 107 cm³/mol. The first-order valence-electron chi connectivity index (χ1n) is 10.4. The number of aryl methyl sites for hydroxylation is 2. The van der Waals surface area contributed by atoms with E-state index in [4.69, 9.17) is 0 Å². The van der Waals surface area contributed by atoms with Crippen LogP contribution >= 0.6 is 0 Å². The van der Waals surface area contributed by atoms with Crippen LogP contribution in [0.4, 0.5) is 5.82 Å². The number of allylic oxidation sites excluding steroid dienone is 2. The smallest absolute Gasteiger partial charge is 0.228 e. The highest BCUT2D eigenvalue weighted by molar-refractivity contribution is 5.99. The standard InChI is InChI=1S/C21H29N5O2/c1-15-13-20(23-16(2)22-15)25-10-4-9-24(11-12-25)14-26-18-5-3-6-19(27)17(18)7-8-21(26)28/h13H,3-12,14H2,1-2H3. The van der Waals surface area contributed by atoms with Gasteiger partial charge in [-0.15, -0.1) is 0 Å². The summed E-state index contributed by atoms with van der Waals surface area (Å²) in [6.07, 6.45) is 4.47. The van der Waals surface area contributed by atoms with E-state index >= 15 is 0 Å². The number of nitrogens with zero attached hydrogens (tertiary/aromatic N) is 5. The van der Waals surface area contributed by atoms with Crippen LogP contribution in [0.3, 0.4) is 0 Å². The second-order valence-corrected chi connectivity index (χ2v) is 8.04. The van der Waals surface area contributed by atoms with Crippen LogP contribution in [0, 0.1) is 13.8 Å². The van der Waals surface area contributed by atoms with Crippen LogP contribution in [-0.4, -0.2) is 64.3 Å². The molecule has 3 aliphatic rings. The fourth-order valence-electron chi connectivity index (χ4n) is 4.54. The SMILES string of the molecule is Cc1cc(N2CCCN(CN3C(=O)CCC4=C3CCCC4=O)CC2)nc(C)n1. The monoisotopic (exact) mass is 383 g/mol. The maximum absolute atomic E-state index is 12.6. The molecule has 1 fully saturated rings. The van der Waals surface area contributed by atoms with Gasteiger partial charge in [0.2, 0.25) is 5.91 Å². The van der Waals surface area contributed by atoms with E-state index in [0.717, 1.165) is 74.0 Å². The lowest BCUT2D eigenvalue weighted by atomic mass is 9.88. The normalized spacial score (nSPS) is 21.8. The van der Waals surface area contributed by atoms with Gasteiger partial charge in [0.05, 0.1) is 6.67 Å². The van der Waals surface area contributed by atoms with E-state index in [-0.39, 0.29) is 11.7 Å². The molecule has 0 bridgehead atoms. The molecule has 0 N–H and O–H groups in total. The molecule has 2 aliphatic heterocycles. The summed E-state index contributed by atoms with van der Waals surface area (Å²) in [6, 6.07) is 2.04. The number of aromatic nitrogens is 2. The highest BCUT2D eigenvalue weighted by Gasteiger charge is 2.33. The molecule has 150 valence electrons. The molecule has 0 unspecified atom stereocenters. The van der Waals surface area contributed by atoms with Gasteiger partial charge < -0.3 is 9.80 Å². The molecule has 1 amide bonds. The molecule has 28 heavy (non-hydrogen) atoms. The fraction of sp³-hybridized carbons (Fsp3) is 0.619. The summed E-state index contributed by atoms with van der Waals surface area (Å²) in [5.41, 5.74) is 2.90. The van der Waals surface area contributed by atoms with Crippen molar-refractivity contribution < 1.29 is 9.59 Å². The predicted octanol–water partition coefficient (Wildman–Crippen LogP) is 2.19. The number of Topliss-reactive ketones (excluding diaryl/α,β-unsaturated/α-hetero) is 1. The van der Waals surface area contributed by atoms with E-state index in [2.05, 4.69) is 19.8 Å². The van der Waals surface area contributed by atoms with Crippen LogP contribution in [0.25, 0.3) is 0 Å². The van der Waals surface area contributed by atoms with Gasteiger partial charge in [-0.25, -0.2) is 9.97 Å². The summed E-state index contributed by atoms with van der Waals surface area (Å²) in [4.78, 5) is 40.4. The van der Waals surface area contributed by atoms with Gasteiger partial charge in [0, 0.05) is 62.1 Å². The van der Waals surface area contributed by atoms with Gasteiger partial charge in [0.15, 0.2) is 5.78 Å². The molecule has 3 heterocycles. The minimum Gasteiger partial charge on any atom is -0.355 e. The lowest BCUT2D eigenvalue weighted by Crippen LogP contribution is -2.45. The van der Waals surface area contributed by atoms with Gasteiger partial charge in [0.25, 0.3) is 0 Å². The number of rotatable bonds is 3. The number of ketones is 1. The van der Waals surface area contributed by atoms with E-state index in [1.807, 2.05) is 24.8 Å². The van der Waals surface area contributed by atoms with Crippen molar-refractivity contribution in [1.82, 2.24) is 19.8 Å². The molecular formula is C21H29N5O2. The Labute approximate surface area is 166 Å². The van der Waals surface area contributed by atoms with Gasteiger partial charge in [0.1, 0.15) is 11.6 Å². The van der Waals surface area contributed by atoms with Crippen molar-refractivity contribution in [2.75, 3.05) is 37.7 Å². The Morgan fingerprint density at radius 1 is 0.929 bits per heavy atom. The van der Waals surface area contributed by atoms with Gasteiger partial charge in [-0.3, -0.25) is 14.5 Å². The Morgan fingerprint density at radius 3 is 2.61 bits per heavy atom. The molecule has 4 rings (SSSR count). The largest absolute Gasteiger partial charge is 0.355 e. The van der Waals surface area contributed by atoms with Crippen molar-refractivity contribution in [3.63, 3.8) is 0 Å². The molecule has 0 aromatic carbocycles. The van der Waals surface area contributed by atoms with Crippen LogP contribution < -0.4 is 4.90 Å². The average molecular weight is 383 g/mol. The molecule has 7 heteroatoms. The van der Waals surface area contributed by atoms with Crippen LogP contribution in [0.5, 0.6) is 0 Å². The summed E-state index contributed by atoms with van der Waals surface area (Å²) < 4.78 is 0. The molecule has 1 saturated heterocycles. The van der Waals surface area contributed by atoms with Crippen LogP contribution in [0.2, 0.25) is 0 Å². The number of carbonyl (C=O) groups is 2. The van der Waals surface area contributed by atoms with Crippen molar-refractivity contribution in [2.24, 2.45) is 0 Å². The zero-order valence-corrected chi connectivity index (χ0v) is 16.9. The summed E-state index contributed by atoms with van der Waals surface area (Å²) in [5.74, 6) is 2.20. The summed E-state index contributed by atoms with van der Waals surface area (Å²) in [5, 5.41) is 0. The van der Waals surface area contributed by atoms with Crippen LogP contribution in [-0.2, 0) is 9.59 Å². The molecule has 0 atom stereocenters. The highest BCUT2D eigenvalue weighted by atomic mass is 16.2. The quantitative estimate of drug-likeness (QED) is 0.797. The zero-order chi connectivity index (χ0) is 19.7. The van der Waals surface area contributed by atoms with E-state index in [9.17, 15) is 9.59 Å². The van der Waals surface area contributed by atoms with Crippen molar-refractivity contribution >= 4 is 17.5 Å². The molecule has 0 radical (unpaired) electrons. The Hall–Kier alpha value is -2.28. The topological polar surface area (TPSA) is 69.6 Å². The molecular weight excluding hydrogens is 354 g/mol. The van der Waals surface area contributed by atoms with E-state index in [0.29, 0.717) is 25.9 Å². The number of anilines is 1. The second-order valence-electron chi connectivity index (χ2n) is 8.04. The first-order valence-corrected chi connectivity index (χ1v) is 10.4. The zero-order valence-electron chi connectivity index (χ0n) is 16.9. The van der Waals surface area contributed by atoms with Crippen molar-refractivity contribution in [2.45, 2.75) is 52.4 Å². The summed E-state index contributed by atoms with van der Waals surface area (Å²) >= 11 is 0. The van der Waals surface area contributed by atoms with Crippen molar-refractivity contribution in [3.8, 4) is 0 Å². The third kappa shape index (κ3) is 3.94.